The molecule has 0 bridgehead atoms. The number of hydrogen-bond acceptors (Lipinski definition) is 2. The third-order valence-electron chi connectivity index (χ3n) is 1.71. The molecule has 0 radical (unpaired) electrons. The van der Waals surface area contributed by atoms with Gasteiger partial charge in [0.25, 0.3) is 0 Å². The molecule has 1 atom stereocenters. The van der Waals surface area contributed by atoms with Gasteiger partial charge < -0.3 is 9.64 Å². The molecule has 0 N–H and O–H groups in total. The Morgan fingerprint density at radius 2 is 2.50 bits per heavy atom. The zero-order chi connectivity index (χ0) is 7.56. The Labute approximate surface area is 67.2 Å². The highest BCUT2D eigenvalue weighted by Gasteiger charge is 2.23. The summed E-state index contributed by atoms with van der Waals surface area (Å²) in [4.78, 5) is 3.11. The van der Waals surface area contributed by atoms with Crippen LogP contribution >= 0.6 is 12.2 Å². The molecule has 1 rings (SSSR count). The first-order valence-electron chi connectivity index (χ1n) is 3.59. The Bertz CT molecular complexity index is 138. The summed E-state index contributed by atoms with van der Waals surface area (Å²) in [5.41, 5.74) is 0. The van der Waals surface area contributed by atoms with Gasteiger partial charge in [0.15, 0.2) is 0 Å². The first-order valence-corrected chi connectivity index (χ1v) is 4.00. The van der Waals surface area contributed by atoms with Crippen LogP contribution in [0, 0.1) is 0 Å². The van der Waals surface area contributed by atoms with Crippen molar-refractivity contribution in [1.29, 1.82) is 0 Å². The zero-order valence-corrected chi connectivity index (χ0v) is 7.28. The smallest absolute Gasteiger partial charge is 0.0812 e. The molecule has 0 aromatic rings. The molecule has 0 amide bonds. The molecule has 10 heavy (non-hydrogen) atoms. The average Bonchev–Trinajstić information content (AvgIpc) is 2.14. The molecular formula is C7H13NOS. The van der Waals surface area contributed by atoms with Gasteiger partial charge >= 0.3 is 0 Å². The van der Waals surface area contributed by atoms with Gasteiger partial charge in [0.1, 0.15) is 0 Å². The first-order chi connectivity index (χ1) is 4.74. The van der Waals surface area contributed by atoms with Crippen LogP contribution in [0.4, 0.5) is 0 Å². The van der Waals surface area contributed by atoms with Crippen molar-refractivity contribution in [1.82, 2.24) is 4.90 Å². The Hall–Kier alpha value is -0.150. The molecule has 3 heteroatoms. The second-order valence-electron chi connectivity index (χ2n) is 2.56. The lowest BCUT2D eigenvalue weighted by Gasteiger charge is -2.10. The van der Waals surface area contributed by atoms with Crippen LogP contribution in [0.15, 0.2) is 0 Å². The molecule has 0 spiro atoms. The van der Waals surface area contributed by atoms with E-state index in [4.69, 9.17) is 17.0 Å². The van der Waals surface area contributed by atoms with Crippen molar-refractivity contribution in [3.05, 3.63) is 0 Å². The molecule has 1 aliphatic heterocycles. The Balaban J connectivity index is 2.34. The van der Waals surface area contributed by atoms with Crippen LogP contribution in [0.2, 0.25) is 0 Å². The van der Waals surface area contributed by atoms with Crippen LogP contribution in [0.1, 0.15) is 13.3 Å². The fourth-order valence-corrected chi connectivity index (χ4v) is 1.43. The Morgan fingerprint density at radius 1 is 1.80 bits per heavy atom. The van der Waals surface area contributed by atoms with Crippen molar-refractivity contribution in [3.63, 3.8) is 0 Å². The number of ether oxygens (including phenoxy) is 1. The first kappa shape index (κ1) is 7.95. The molecule has 58 valence electrons. The summed E-state index contributed by atoms with van der Waals surface area (Å²) in [5.74, 6) is 0. The molecule has 1 heterocycles. The quantitative estimate of drug-likeness (QED) is 0.559. The van der Waals surface area contributed by atoms with Crippen LogP contribution < -0.4 is 0 Å². The van der Waals surface area contributed by atoms with Crippen LogP contribution in [0.3, 0.4) is 0 Å². The minimum atomic E-state index is 0.350. The summed E-state index contributed by atoms with van der Waals surface area (Å²) in [6.45, 7) is 3.77. The van der Waals surface area contributed by atoms with E-state index in [-0.39, 0.29) is 0 Å². The number of rotatable bonds is 2. The van der Waals surface area contributed by atoms with E-state index in [1.807, 2.05) is 14.0 Å². The molecule has 0 aliphatic carbocycles. The van der Waals surface area contributed by atoms with Crippen molar-refractivity contribution in [2.45, 2.75) is 19.4 Å². The summed E-state index contributed by atoms with van der Waals surface area (Å²) in [6, 6.07) is 0. The van der Waals surface area contributed by atoms with Crippen molar-refractivity contribution >= 4 is 17.2 Å². The topological polar surface area (TPSA) is 12.5 Å². The third-order valence-corrected chi connectivity index (χ3v) is 2.19. The van der Waals surface area contributed by atoms with Crippen LogP contribution in [-0.2, 0) is 4.74 Å². The molecule has 1 fully saturated rings. The minimum absolute atomic E-state index is 0.350. The average molecular weight is 159 g/mol. The standard InChI is InChI=1S/C7H13NOS/c1-3-9-6-4-7(10)8(2)5-6/h6H,3-5H2,1-2H3. The molecule has 2 nitrogen and oxygen atoms in total. The second kappa shape index (κ2) is 3.30. The maximum atomic E-state index is 5.41. The van der Waals surface area contributed by atoms with E-state index in [1.165, 1.54) is 0 Å². The summed E-state index contributed by atoms with van der Waals surface area (Å²) < 4.78 is 5.41. The van der Waals surface area contributed by atoms with Gasteiger partial charge in [-0.3, -0.25) is 0 Å². The van der Waals surface area contributed by atoms with Gasteiger partial charge in [-0.2, -0.15) is 0 Å². The van der Waals surface area contributed by atoms with Crippen LogP contribution in [0.25, 0.3) is 0 Å². The van der Waals surface area contributed by atoms with Gasteiger partial charge in [-0.1, -0.05) is 12.2 Å². The fraction of sp³-hybridized carbons (Fsp3) is 0.857. The third kappa shape index (κ3) is 1.67. The lowest BCUT2D eigenvalue weighted by Crippen LogP contribution is -2.20. The van der Waals surface area contributed by atoms with Gasteiger partial charge in [0.05, 0.1) is 11.1 Å². The molecule has 1 unspecified atom stereocenters. The Kier molecular flexibility index (Phi) is 2.63. The van der Waals surface area contributed by atoms with E-state index in [2.05, 4.69) is 4.90 Å². The summed E-state index contributed by atoms with van der Waals surface area (Å²) in [5, 5.41) is 0. The number of hydrogen-bond donors (Lipinski definition) is 0. The zero-order valence-electron chi connectivity index (χ0n) is 6.46. The highest BCUT2D eigenvalue weighted by atomic mass is 32.1. The van der Waals surface area contributed by atoms with E-state index in [0.29, 0.717) is 6.10 Å². The molecular weight excluding hydrogens is 146 g/mol. The molecule has 1 saturated heterocycles. The summed E-state index contributed by atoms with van der Waals surface area (Å²) in [7, 11) is 2.02. The second-order valence-corrected chi connectivity index (χ2v) is 3.03. The van der Waals surface area contributed by atoms with Gasteiger partial charge in [0, 0.05) is 26.6 Å². The van der Waals surface area contributed by atoms with Crippen molar-refractivity contribution in [2.75, 3.05) is 20.2 Å². The maximum Gasteiger partial charge on any atom is 0.0812 e. The van der Waals surface area contributed by atoms with Gasteiger partial charge in [0.2, 0.25) is 0 Å². The molecule has 1 aliphatic rings. The minimum Gasteiger partial charge on any atom is -0.376 e. The number of thiocarbonyl (C=S) groups is 1. The SMILES string of the molecule is CCOC1CC(=S)N(C)C1. The summed E-state index contributed by atoms with van der Waals surface area (Å²) in [6.07, 6.45) is 1.28. The predicted octanol–water partition coefficient (Wildman–Crippen LogP) is 1.05. The van der Waals surface area contributed by atoms with E-state index in [0.717, 1.165) is 24.6 Å². The normalized spacial score (nSPS) is 26.0. The van der Waals surface area contributed by atoms with Gasteiger partial charge in [-0.15, -0.1) is 0 Å². The van der Waals surface area contributed by atoms with E-state index in [9.17, 15) is 0 Å². The van der Waals surface area contributed by atoms with E-state index >= 15 is 0 Å². The predicted molar refractivity (Wildman–Crippen MR) is 45.3 cm³/mol. The van der Waals surface area contributed by atoms with Crippen molar-refractivity contribution < 1.29 is 4.74 Å². The van der Waals surface area contributed by atoms with E-state index < -0.39 is 0 Å². The highest BCUT2D eigenvalue weighted by molar-refractivity contribution is 7.80. The summed E-state index contributed by atoms with van der Waals surface area (Å²) >= 11 is 5.08. The largest absolute Gasteiger partial charge is 0.376 e. The van der Waals surface area contributed by atoms with Crippen LogP contribution in [-0.4, -0.2) is 36.2 Å². The van der Waals surface area contributed by atoms with Crippen LogP contribution in [0.5, 0.6) is 0 Å². The van der Waals surface area contributed by atoms with Crippen molar-refractivity contribution in [3.8, 4) is 0 Å². The molecule has 0 saturated carbocycles. The number of likely N-dealkylation sites (N-methyl/N-ethyl adjacent to an activating group) is 1. The lowest BCUT2D eigenvalue weighted by molar-refractivity contribution is 0.0711. The Morgan fingerprint density at radius 3 is 2.90 bits per heavy atom. The molecule has 0 aromatic carbocycles. The van der Waals surface area contributed by atoms with Gasteiger partial charge in [-0.25, -0.2) is 0 Å². The van der Waals surface area contributed by atoms with E-state index in [1.54, 1.807) is 0 Å². The fourth-order valence-electron chi connectivity index (χ4n) is 1.17. The van der Waals surface area contributed by atoms with Gasteiger partial charge in [-0.05, 0) is 6.92 Å². The lowest BCUT2D eigenvalue weighted by atomic mass is 10.3. The van der Waals surface area contributed by atoms with Crippen molar-refractivity contribution in [2.24, 2.45) is 0 Å². The molecule has 0 aromatic heterocycles. The highest BCUT2D eigenvalue weighted by Crippen LogP contribution is 2.12. The number of likely N-dealkylation sites (tertiary alicyclic amines) is 1. The number of nitrogens with zero attached hydrogens (tertiary/aromatic N) is 1. The maximum absolute atomic E-state index is 5.41. The monoisotopic (exact) mass is 159 g/mol.